The highest BCUT2D eigenvalue weighted by Crippen LogP contribution is 2.21. The molecule has 0 spiro atoms. The number of aliphatic hydroxyl groups excluding tert-OH is 1. The van der Waals surface area contributed by atoms with Crippen LogP contribution in [0.15, 0.2) is 0 Å². The van der Waals surface area contributed by atoms with Crippen LogP contribution in [0.5, 0.6) is 0 Å². The van der Waals surface area contributed by atoms with E-state index in [1.54, 1.807) is 0 Å². The van der Waals surface area contributed by atoms with Gasteiger partial charge in [-0.05, 0) is 38.5 Å². The molecule has 0 aromatic carbocycles. The van der Waals surface area contributed by atoms with Gasteiger partial charge in [0.05, 0.1) is 11.6 Å². The molecule has 0 unspecified atom stereocenters. The summed E-state index contributed by atoms with van der Waals surface area (Å²) in [5.41, 5.74) is 5.35. The van der Waals surface area contributed by atoms with Crippen molar-refractivity contribution in [3.8, 4) is 0 Å². The molecule has 1 aliphatic carbocycles. The summed E-state index contributed by atoms with van der Waals surface area (Å²) in [6.07, 6.45) is 4.22. The third-order valence-electron chi connectivity index (χ3n) is 3.87. The number of carbonyl (C=O) groups is 1. The fourth-order valence-corrected chi connectivity index (χ4v) is 2.51. The van der Waals surface area contributed by atoms with E-state index in [-0.39, 0.29) is 18.1 Å². The van der Waals surface area contributed by atoms with Crippen LogP contribution >= 0.6 is 0 Å². The first-order valence-corrected chi connectivity index (χ1v) is 6.46. The van der Waals surface area contributed by atoms with Crippen molar-refractivity contribution in [3.05, 3.63) is 0 Å². The second-order valence-corrected chi connectivity index (χ2v) is 5.25. The lowest BCUT2D eigenvalue weighted by atomic mass is 9.88. The highest BCUT2D eigenvalue weighted by atomic mass is 16.5. The molecule has 98 valence electrons. The van der Waals surface area contributed by atoms with E-state index < -0.39 is 5.54 Å². The Kier molecular flexibility index (Phi) is 4.01. The third kappa shape index (κ3) is 3.18. The Morgan fingerprint density at radius 3 is 2.41 bits per heavy atom. The Labute approximate surface area is 102 Å². The fraction of sp³-hybridized carbons (Fsp3) is 0.917. The van der Waals surface area contributed by atoms with Gasteiger partial charge in [-0.15, -0.1) is 0 Å². The van der Waals surface area contributed by atoms with Crippen LogP contribution in [0.25, 0.3) is 0 Å². The molecule has 5 nitrogen and oxygen atoms in total. The molecule has 2 aliphatic rings. The van der Waals surface area contributed by atoms with Gasteiger partial charge in [0.15, 0.2) is 0 Å². The number of rotatable bonds is 2. The number of amides is 1. The SMILES string of the molecule is NC1(C(=O)NC2CCC(O)CC2)CCOCC1. The van der Waals surface area contributed by atoms with Crippen LogP contribution in [0.2, 0.25) is 0 Å². The zero-order valence-electron chi connectivity index (χ0n) is 10.2. The van der Waals surface area contributed by atoms with Crippen molar-refractivity contribution in [1.82, 2.24) is 5.32 Å². The molecule has 1 heterocycles. The van der Waals surface area contributed by atoms with Gasteiger partial charge in [-0.25, -0.2) is 0 Å². The summed E-state index contributed by atoms with van der Waals surface area (Å²) in [6, 6.07) is 0.175. The van der Waals surface area contributed by atoms with Crippen LogP contribution < -0.4 is 11.1 Å². The molecule has 5 heteroatoms. The second-order valence-electron chi connectivity index (χ2n) is 5.25. The smallest absolute Gasteiger partial charge is 0.240 e. The monoisotopic (exact) mass is 242 g/mol. The van der Waals surface area contributed by atoms with Crippen molar-refractivity contribution >= 4 is 5.91 Å². The van der Waals surface area contributed by atoms with Gasteiger partial charge >= 0.3 is 0 Å². The summed E-state index contributed by atoms with van der Waals surface area (Å²) in [6.45, 7) is 1.13. The van der Waals surface area contributed by atoms with Crippen molar-refractivity contribution in [2.24, 2.45) is 5.73 Å². The highest BCUT2D eigenvalue weighted by Gasteiger charge is 2.37. The van der Waals surface area contributed by atoms with Gasteiger partial charge in [0.1, 0.15) is 0 Å². The third-order valence-corrected chi connectivity index (χ3v) is 3.87. The van der Waals surface area contributed by atoms with Gasteiger partial charge in [0.2, 0.25) is 5.91 Å². The zero-order chi connectivity index (χ0) is 12.3. The van der Waals surface area contributed by atoms with Crippen molar-refractivity contribution in [1.29, 1.82) is 0 Å². The number of carbonyl (C=O) groups excluding carboxylic acids is 1. The molecule has 0 atom stereocenters. The maximum absolute atomic E-state index is 12.1. The van der Waals surface area contributed by atoms with E-state index in [0.717, 1.165) is 25.7 Å². The second kappa shape index (κ2) is 5.33. The maximum Gasteiger partial charge on any atom is 0.240 e. The molecule has 1 saturated heterocycles. The number of ether oxygens (including phenoxy) is 1. The van der Waals surface area contributed by atoms with E-state index in [1.165, 1.54) is 0 Å². The van der Waals surface area contributed by atoms with Crippen LogP contribution in [0, 0.1) is 0 Å². The summed E-state index contributed by atoms with van der Waals surface area (Å²) in [4.78, 5) is 12.1. The highest BCUT2D eigenvalue weighted by molar-refractivity contribution is 5.86. The first-order valence-electron chi connectivity index (χ1n) is 6.46. The average molecular weight is 242 g/mol. The molecule has 1 saturated carbocycles. The molecule has 1 aliphatic heterocycles. The molecule has 0 bridgehead atoms. The standard InChI is InChI=1S/C12H22N2O3/c13-12(5-7-17-8-6-12)11(16)14-9-1-3-10(15)4-2-9/h9-10,15H,1-8,13H2,(H,14,16). The first-order chi connectivity index (χ1) is 8.10. The lowest BCUT2D eigenvalue weighted by Gasteiger charge is -2.34. The van der Waals surface area contributed by atoms with Gasteiger partial charge in [0.25, 0.3) is 0 Å². The predicted molar refractivity (Wildman–Crippen MR) is 63.4 cm³/mol. The zero-order valence-corrected chi connectivity index (χ0v) is 10.2. The van der Waals surface area contributed by atoms with Crippen molar-refractivity contribution in [3.63, 3.8) is 0 Å². The Morgan fingerprint density at radius 2 is 1.82 bits per heavy atom. The van der Waals surface area contributed by atoms with E-state index in [9.17, 15) is 9.90 Å². The van der Waals surface area contributed by atoms with E-state index in [2.05, 4.69) is 5.32 Å². The van der Waals surface area contributed by atoms with Crippen LogP contribution in [0.4, 0.5) is 0 Å². The van der Waals surface area contributed by atoms with Gasteiger partial charge in [0, 0.05) is 19.3 Å². The van der Waals surface area contributed by atoms with Gasteiger partial charge in [-0.2, -0.15) is 0 Å². The largest absolute Gasteiger partial charge is 0.393 e. The molecular formula is C12H22N2O3. The van der Waals surface area contributed by atoms with Crippen molar-refractivity contribution in [2.75, 3.05) is 13.2 Å². The summed E-state index contributed by atoms with van der Waals surface area (Å²) < 4.78 is 5.23. The van der Waals surface area contributed by atoms with Crippen LogP contribution in [0.3, 0.4) is 0 Å². The van der Waals surface area contributed by atoms with E-state index in [0.29, 0.717) is 26.1 Å². The normalized spacial score (nSPS) is 33.1. The number of nitrogens with two attached hydrogens (primary N) is 1. The molecule has 17 heavy (non-hydrogen) atoms. The van der Waals surface area contributed by atoms with Crippen molar-refractivity contribution in [2.45, 2.75) is 56.2 Å². The molecular weight excluding hydrogens is 220 g/mol. The minimum absolute atomic E-state index is 0.0535. The van der Waals surface area contributed by atoms with Gasteiger partial charge in [-0.1, -0.05) is 0 Å². The lowest BCUT2D eigenvalue weighted by Crippen LogP contribution is -2.59. The Morgan fingerprint density at radius 1 is 1.24 bits per heavy atom. The maximum atomic E-state index is 12.1. The van der Waals surface area contributed by atoms with Crippen LogP contribution in [0.1, 0.15) is 38.5 Å². The topological polar surface area (TPSA) is 84.6 Å². The van der Waals surface area contributed by atoms with Crippen LogP contribution in [-0.2, 0) is 9.53 Å². The minimum Gasteiger partial charge on any atom is -0.393 e. The molecule has 0 aromatic rings. The molecule has 0 aromatic heterocycles. The van der Waals surface area contributed by atoms with E-state index in [1.807, 2.05) is 0 Å². The quantitative estimate of drug-likeness (QED) is 0.632. The Balaban J connectivity index is 1.83. The van der Waals surface area contributed by atoms with Gasteiger partial charge in [-0.3, -0.25) is 4.79 Å². The van der Waals surface area contributed by atoms with Crippen LogP contribution in [-0.4, -0.2) is 41.9 Å². The summed E-state index contributed by atoms with van der Waals surface area (Å²) >= 11 is 0. The number of hydrogen-bond donors (Lipinski definition) is 3. The van der Waals surface area contributed by atoms with Crippen molar-refractivity contribution < 1.29 is 14.6 Å². The predicted octanol–water partition coefficient (Wildman–Crippen LogP) is -0.0860. The number of aliphatic hydroxyl groups is 1. The summed E-state index contributed by atoms with van der Waals surface area (Å²) in [5, 5.41) is 12.4. The number of nitrogens with one attached hydrogen (secondary N) is 1. The molecule has 2 fully saturated rings. The Bertz CT molecular complexity index is 269. The fourth-order valence-electron chi connectivity index (χ4n) is 2.51. The molecule has 0 radical (unpaired) electrons. The van der Waals surface area contributed by atoms with Gasteiger partial charge < -0.3 is 20.9 Å². The average Bonchev–Trinajstić information content (AvgIpc) is 2.33. The summed E-state index contributed by atoms with van der Waals surface area (Å²) in [7, 11) is 0. The Hall–Kier alpha value is -0.650. The minimum atomic E-state index is -0.756. The number of hydrogen-bond acceptors (Lipinski definition) is 4. The van der Waals surface area contributed by atoms with E-state index in [4.69, 9.17) is 10.5 Å². The molecule has 1 amide bonds. The molecule has 2 rings (SSSR count). The van der Waals surface area contributed by atoms with E-state index >= 15 is 0 Å². The lowest BCUT2D eigenvalue weighted by molar-refractivity contribution is -0.130. The summed E-state index contributed by atoms with van der Waals surface area (Å²) in [5.74, 6) is -0.0535. The molecule has 4 N–H and O–H groups in total. The first kappa shape index (κ1) is 12.8.